The van der Waals surface area contributed by atoms with E-state index in [9.17, 15) is 22.0 Å². The van der Waals surface area contributed by atoms with Crippen LogP contribution in [0.4, 0.5) is 22.0 Å². The lowest BCUT2D eigenvalue weighted by Crippen LogP contribution is -2.61. The molecule has 0 aromatic heterocycles. The van der Waals surface area contributed by atoms with Gasteiger partial charge >= 0.3 is 6.18 Å². The van der Waals surface area contributed by atoms with Crippen LogP contribution in [0.2, 0.25) is 0 Å². The second kappa shape index (κ2) is 52.0. The minimum Gasteiger partial charge on any atom is -0.287 e. The van der Waals surface area contributed by atoms with E-state index in [0.717, 1.165) is 75.5 Å². The second-order valence-corrected chi connectivity index (χ2v) is 23.7. The number of rotatable bonds is 20. The van der Waals surface area contributed by atoms with Crippen molar-refractivity contribution in [2.24, 2.45) is 0 Å². The van der Waals surface area contributed by atoms with Crippen LogP contribution in [0.5, 0.6) is 0 Å². The minimum absolute atomic E-state index is 0.0236. The maximum Gasteiger partial charge on any atom is 0.405 e. The zero-order valence-electron chi connectivity index (χ0n) is 58.4. The average Bonchev–Trinajstić information content (AvgIpc) is 0.824. The first-order valence-electron chi connectivity index (χ1n) is 32.4. The molecule has 0 bridgehead atoms. The molecule has 6 aliphatic heterocycles. The predicted molar refractivity (Wildman–Crippen MR) is 371 cm³/mol. The Morgan fingerprint density at radius 3 is 1.15 bits per heavy atom. The lowest BCUT2D eigenvalue weighted by Gasteiger charge is -2.43. The number of hydrogen-bond acceptors (Lipinski definition) is 29. The van der Waals surface area contributed by atoms with E-state index in [1.165, 1.54) is 30.1 Å². The standard InChI is InChI=1S/C15H17N3.C13H10N8.C13H19N5.C10H11F4N3.C10H12FN5.C10H13N5/c1-2-9-18-12-11-17(10-8-16)13-15(18)14-6-4-3-5-7-14;1-2-11(3-14)19-8-20(12(4-15)5-16)10-21(9-19)13(6-17)7-18;1-2-3-8-16-11-17(9-4-6-14)13-18(12-16)10-5-7-15;1-2-4-16-7-9(11)17(5-3-15)6-8(16)10(12,13)14;1-2-5-15-8-14(6-3-12)9-16(7-4-13)10(15)11;1-2-5-13-8-14(6-3-11)10-15(9-13)7-4-12/h1,3-7,15H,9-13H2;1,11-13H,8-10H2;1H,3-5,8-13H2;1,8-9H,4-7H2;1,10H,5-9H2;1H,5-10H2. The van der Waals surface area contributed by atoms with Crippen LogP contribution in [0.25, 0.3) is 0 Å². The quantitative estimate of drug-likeness (QED) is 0.0772. The van der Waals surface area contributed by atoms with Gasteiger partial charge in [0.1, 0.15) is 6.04 Å². The van der Waals surface area contributed by atoms with Crippen molar-refractivity contribution in [3.63, 3.8) is 0 Å². The number of terminal acetylenes is 6. The highest BCUT2D eigenvalue weighted by Gasteiger charge is 2.49. The van der Waals surface area contributed by atoms with Gasteiger partial charge < -0.3 is 0 Å². The molecule has 7 rings (SSSR count). The summed E-state index contributed by atoms with van der Waals surface area (Å²) in [6.07, 6.45) is 25.7. The first-order chi connectivity index (χ1) is 50.7. The molecule has 5 atom stereocenters. The van der Waals surface area contributed by atoms with Gasteiger partial charge in [-0.25, -0.2) is 28.4 Å². The fraction of sp³-hybridized carbons (Fsp3) is 0.563. The molecule has 1 aromatic carbocycles. The Kier molecular flexibility index (Phi) is 44.6. The highest BCUT2D eigenvalue weighted by atomic mass is 19.4. The van der Waals surface area contributed by atoms with Crippen LogP contribution >= 0.6 is 0 Å². The molecule has 0 N–H and O–H groups in total. The maximum atomic E-state index is 13.8. The van der Waals surface area contributed by atoms with Crippen LogP contribution in [-0.4, -0.2) is 313 Å². The lowest BCUT2D eigenvalue weighted by molar-refractivity contribution is -0.206. The van der Waals surface area contributed by atoms with Crippen LogP contribution in [0.1, 0.15) is 30.9 Å². The molecule has 5 unspecified atom stereocenters. The summed E-state index contributed by atoms with van der Waals surface area (Å²) in [5.74, 6) is 14.7. The molecule has 546 valence electrons. The normalized spacial score (nSPS) is 20.9. The topological polar surface area (TPSA) is 361 Å². The monoisotopic (exact) mass is 1440 g/mol. The Morgan fingerprint density at radius 1 is 0.362 bits per heavy atom. The van der Waals surface area contributed by atoms with E-state index in [1.807, 2.05) is 75.4 Å². The first kappa shape index (κ1) is 90.0. The van der Waals surface area contributed by atoms with Crippen molar-refractivity contribution in [2.45, 2.75) is 68.4 Å². The van der Waals surface area contributed by atoms with Gasteiger partial charge in [-0.2, -0.15) is 81.6 Å². The van der Waals surface area contributed by atoms with Crippen LogP contribution in [-0.2, 0) is 0 Å². The number of alkyl halides is 5. The molecule has 105 heavy (non-hydrogen) atoms. The Hall–Kier alpha value is -11.0. The van der Waals surface area contributed by atoms with E-state index < -0.39 is 56.1 Å². The third-order valence-corrected chi connectivity index (χ3v) is 16.1. The molecule has 0 amide bonds. The summed E-state index contributed by atoms with van der Waals surface area (Å²) < 4.78 is 65.4. The third-order valence-electron chi connectivity index (χ3n) is 16.1. The zero-order valence-corrected chi connectivity index (χ0v) is 58.4. The van der Waals surface area contributed by atoms with Gasteiger partial charge in [0.05, 0.1) is 218 Å². The van der Waals surface area contributed by atoms with E-state index in [2.05, 4.69) is 103 Å². The molecule has 1 aromatic rings. The number of nitrogens with zero attached hydrogens (tertiary/aromatic N) is 29. The van der Waals surface area contributed by atoms with E-state index in [0.29, 0.717) is 78.3 Å². The summed E-state index contributed by atoms with van der Waals surface area (Å²) in [7, 11) is 0. The first-order valence-corrected chi connectivity index (χ1v) is 32.4. The summed E-state index contributed by atoms with van der Waals surface area (Å²) in [6, 6.07) is 31.4. The SMILES string of the molecule is C#CC(C#N)N1CN(C(C#N)C#N)CN(C(C#N)C#N)C1.C#CCCN1CN(CCC#N)CN(CCC#N)C1.C#CCN1CC(F)N(CC#N)CC1C(F)(F)F.C#CCN1CCN(CC#N)CC1c1ccccc1.C#CCN1CN(CC#N)CN(CC#N)C1.C#CCN1CN(CC#N)CN(CC#N)C1F. The zero-order chi connectivity index (χ0) is 78.0. The van der Waals surface area contributed by atoms with Crippen LogP contribution in [0.15, 0.2) is 30.3 Å². The highest BCUT2D eigenvalue weighted by Crippen LogP contribution is 2.30. The number of nitriles is 13. The van der Waals surface area contributed by atoms with E-state index in [1.54, 1.807) is 11.0 Å². The van der Waals surface area contributed by atoms with E-state index in [4.69, 9.17) is 107 Å². The summed E-state index contributed by atoms with van der Waals surface area (Å²) >= 11 is 0. The smallest absolute Gasteiger partial charge is 0.287 e. The second-order valence-electron chi connectivity index (χ2n) is 23.7. The predicted octanol–water partition coefficient (Wildman–Crippen LogP) is 1.47. The van der Waals surface area contributed by atoms with Gasteiger partial charge in [0.15, 0.2) is 24.4 Å². The van der Waals surface area contributed by atoms with Crippen molar-refractivity contribution < 1.29 is 22.0 Å². The molecular formula is C71H82F5N29. The van der Waals surface area contributed by atoms with Gasteiger partial charge in [-0.15, -0.1) is 44.5 Å². The van der Waals surface area contributed by atoms with Crippen LogP contribution in [0.3, 0.4) is 0 Å². The van der Waals surface area contributed by atoms with Crippen molar-refractivity contribution in [1.29, 1.82) is 68.4 Å². The Bertz CT molecular complexity index is 3400. The summed E-state index contributed by atoms with van der Waals surface area (Å²) in [5.41, 5.74) is 1.27. The lowest BCUT2D eigenvalue weighted by atomic mass is 10.0. The molecule has 6 heterocycles. The van der Waals surface area contributed by atoms with Crippen molar-refractivity contribution in [2.75, 3.05) is 191 Å². The Labute approximate surface area is 614 Å². The third kappa shape index (κ3) is 32.4. The average molecular weight is 1440 g/mol. The molecule has 0 spiro atoms. The van der Waals surface area contributed by atoms with Crippen molar-refractivity contribution >= 4 is 0 Å². The van der Waals surface area contributed by atoms with Gasteiger partial charge in [0.25, 0.3) is 0 Å². The van der Waals surface area contributed by atoms with Gasteiger partial charge in [-0.1, -0.05) is 59.9 Å². The molecule has 0 radical (unpaired) electrons. The highest BCUT2D eigenvalue weighted by molar-refractivity contribution is 5.21. The fourth-order valence-corrected chi connectivity index (χ4v) is 11.3. The summed E-state index contributed by atoms with van der Waals surface area (Å²) in [6.45, 7) is 11.8. The molecular weight excluding hydrogens is 1350 g/mol. The molecule has 6 saturated heterocycles. The van der Waals surface area contributed by atoms with Crippen LogP contribution < -0.4 is 0 Å². The largest absolute Gasteiger partial charge is 0.405 e. The van der Waals surface area contributed by atoms with Gasteiger partial charge in [-0.3, -0.25) is 58.8 Å². The van der Waals surface area contributed by atoms with Crippen molar-refractivity contribution in [1.82, 2.24) is 78.4 Å². The van der Waals surface area contributed by atoms with Crippen LogP contribution in [0, 0.1) is 221 Å². The molecule has 0 aliphatic carbocycles. The number of halogens is 5. The maximum absolute atomic E-state index is 13.8. The minimum atomic E-state index is -4.48. The summed E-state index contributed by atoms with van der Waals surface area (Å²) in [4.78, 5) is 27.8. The fourth-order valence-electron chi connectivity index (χ4n) is 11.3. The van der Waals surface area contributed by atoms with Gasteiger partial charge in [-0.05, 0) is 5.56 Å². The Balaban J connectivity index is 0.000000429. The molecule has 34 heteroatoms. The molecule has 0 saturated carbocycles. The van der Waals surface area contributed by atoms with E-state index >= 15 is 0 Å². The number of benzene rings is 1. The molecule has 6 fully saturated rings. The number of piperazine rings is 2. The molecule has 6 aliphatic rings. The van der Waals surface area contributed by atoms with Crippen molar-refractivity contribution in [3.8, 4) is 153 Å². The van der Waals surface area contributed by atoms with Crippen molar-refractivity contribution in [3.05, 3.63) is 35.9 Å². The van der Waals surface area contributed by atoms with Gasteiger partial charge in [0, 0.05) is 77.7 Å². The summed E-state index contributed by atoms with van der Waals surface area (Å²) in [5, 5.41) is 114. The van der Waals surface area contributed by atoms with Gasteiger partial charge in [0.2, 0.25) is 6.42 Å². The molecule has 29 nitrogen and oxygen atoms in total. The Morgan fingerprint density at radius 2 is 0.743 bits per heavy atom. The van der Waals surface area contributed by atoms with E-state index in [-0.39, 0.29) is 59.4 Å². The number of hydrogen-bond donors (Lipinski definition) is 0.